The fraction of sp³-hybridized carbons (Fsp3) is 0.938. The third-order valence-electron chi connectivity index (χ3n) is 5.51. The van der Waals surface area contributed by atoms with Gasteiger partial charge < -0.3 is 15.4 Å². The number of ether oxygens (including phenoxy) is 1. The van der Waals surface area contributed by atoms with Crippen LogP contribution in [-0.2, 0) is 9.53 Å². The van der Waals surface area contributed by atoms with E-state index in [1.54, 1.807) is 0 Å². The molecule has 3 rings (SSSR count). The fourth-order valence-corrected chi connectivity index (χ4v) is 4.09. The lowest BCUT2D eigenvalue weighted by atomic mass is 9.77. The van der Waals surface area contributed by atoms with Gasteiger partial charge in [-0.2, -0.15) is 0 Å². The molecule has 2 saturated heterocycles. The summed E-state index contributed by atoms with van der Waals surface area (Å²) in [6.45, 7) is 3.75. The Morgan fingerprint density at radius 2 is 2.05 bits per heavy atom. The summed E-state index contributed by atoms with van der Waals surface area (Å²) in [7, 11) is 0. The van der Waals surface area contributed by atoms with E-state index in [0.717, 1.165) is 32.0 Å². The summed E-state index contributed by atoms with van der Waals surface area (Å²) in [5.74, 6) is 1.51. The highest BCUT2D eigenvalue weighted by molar-refractivity contribution is 5.82. The van der Waals surface area contributed by atoms with Gasteiger partial charge in [0.25, 0.3) is 0 Å². The van der Waals surface area contributed by atoms with E-state index in [1.165, 1.54) is 32.1 Å². The number of rotatable bonds is 3. The van der Waals surface area contributed by atoms with Gasteiger partial charge in [-0.1, -0.05) is 12.8 Å². The second-order valence-corrected chi connectivity index (χ2v) is 6.87. The molecular formula is C16H28N2O2. The lowest BCUT2D eigenvalue weighted by Crippen LogP contribution is -2.56. The standard InChI is InChI=1S/C16H28N2O2/c1-11(13-8-9-20-10-13)17-16(19)15-7-6-12-4-2-3-5-14(12)18-15/h11-15,18H,2-10H2,1H3,(H,17,19). The van der Waals surface area contributed by atoms with Crippen molar-refractivity contribution in [2.45, 2.75) is 70.0 Å². The van der Waals surface area contributed by atoms with Crippen LogP contribution in [0.5, 0.6) is 0 Å². The topological polar surface area (TPSA) is 50.4 Å². The maximum atomic E-state index is 12.4. The number of nitrogens with one attached hydrogen (secondary N) is 2. The molecule has 1 saturated carbocycles. The quantitative estimate of drug-likeness (QED) is 0.829. The van der Waals surface area contributed by atoms with Crippen molar-refractivity contribution in [3.8, 4) is 0 Å². The van der Waals surface area contributed by atoms with E-state index in [4.69, 9.17) is 4.74 Å². The molecule has 0 radical (unpaired) electrons. The van der Waals surface area contributed by atoms with Crippen molar-refractivity contribution in [2.75, 3.05) is 13.2 Å². The van der Waals surface area contributed by atoms with E-state index in [9.17, 15) is 4.79 Å². The highest BCUT2D eigenvalue weighted by Crippen LogP contribution is 2.32. The van der Waals surface area contributed by atoms with Crippen LogP contribution in [0.4, 0.5) is 0 Å². The van der Waals surface area contributed by atoms with Gasteiger partial charge in [-0.3, -0.25) is 4.79 Å². The van der Waals surface area contributed by atoms with Crippen molar-refractivity contribution in [1.29, 1.82) is 0 Å². The summed E-state index contributed by atoms with van der Waals surface area (Å²) in [6.07, 6.45) is 8.58. The molecule has 4 heteroatoms. The molecule has 3 aliphatic rings. The Hall–Kier alpha value is -0.610. The maximum Gasteiger partial charge on any atom is 0.237 e. The monoisotopic (exact) mass is 280 g/mol. The molecule has 4 nitrogen and oxygen atoms in total. The van der Waals surface area contributed by atoms with Crippen LogP contribution < -0.4 is 10.6 Å². The van der Waals surface area contributed by atoms with Gasteiger partial charge in [0.15, 0.2) is 0 Å². The second kappa shape index (κ2) is 6.44. The highest BCUT2D eigenvalue weighted by Gasteiger charge is 2.35. The molecule has 114 valence electrons. The van der Waals surface area contributed by atoms with Gasteiger partial charge in [-0.25, -0.2) is 0 Å². The molecule has 3 fully saturated rings. The molecule has 5 unspecified atom stereocenters. The number of carbonyl (C=O) groups excluding carboxylic acids is 1. The van der Waals surface area contributed by atoms with E-state index in [1.807, 2.05) is 0 Å². The molecular weight excluding hydrogens is 252 g/mol. The molecule has 2 N–H and O–H groups in total. The van der Waals surface area contributed by atoms with Crippen LogP contribution in [0.15, 0.2) is 0 Å². The summed E-state index contributed by atoms with van der Waals surface area (Å²) in [5, 5.41) is 6.81. The zero-order valence-electron chi connectivity index (χ0n) is 12.6. The van der Waals surface area contributed by atoms with Gasteiger partial charge in [0, 0.05) is 24.6 Å². The molecule has 2 aliphatic heterocycles. The number of hydrogen-bond donors (Lipinski definition) is 2. The molecule has 5 atom stereocenters. The van der Waals surface area contributed by atoms with Crippen molar-refractivity contribution < 1.29 is 9.53 Å². The Balaban J connectivity index is 1.49. The summed E-state index contributed by atoms with van der Waals surface area (Å²) in [4.78, 5) is 12.4. The first-order valence-corrected chi connectivity index (χ1v) is 8.38. The third kappa shape index (κ3) is 3.17. The minimum Gasteiger partial charge on any atom is -0.381 e. The summed E-state index contributed by atoms with van der Waals surface area (Å²) < 4.78 is 5.41. The number of carbonyl (C=O) groups is 1. The van der Waals surface area contributed by atoms with Gasteiger partial charge in [-0.05, 0) is 44.9 Å². The first-order valence-electron chi connectivity index (χ1n) is 8.38. The SMILES string of the molecule is CC(NC(=O)C1CCC2CCCCC2N1)C1CCOC1. The first-order chi connectivity index (χ1) is 9.74. The van der Waals surface area contributed by atoms with Crippen LogP contribution in [0.25, 0.3) is 0 Å². The molecule has 0 spiro atoms. The lowest BCUT2D eigenvalue weighted by molar-refractivity contribution is -0.125. The van der Waals surface area contributed by atoms with Crippen LogP contribution in [0.2, 0.25) is 0 Å². The van der Waals surface area contributed by atoms with Gasteiger partial charge in [-0.15, -0.1) is 0 Å². The largest absolute Gasteiger partial charge is 0.381 e. The fourth-order valence-electron chi connectivity index (χ4n) is 4.09. The first kappa shape index (κ1) is 14.3. The Labute approximate surface area is 122 Å². The maximum absolute atomic E-state index is 12.4. The van der Waals surface area contributed by atoms with E-state index < -0.39 is 0 Å². The van der Waals surface area contributed by atoms with Gasteiger partial charge in [0.1, 0.15) is 0 Å². The summed E-state index contributed by atoms with van der Waals surface area (Å²) in [6, 6.07) is 0.841. The molecule has 0 aromatic heterocycles. The lowest BCUT2D eigenvalue weighted by Gasteiger charge is -2.40. The second-order valence-electron chi connectivity index (χ2n) is 6.87. The molecule has 1 amide bonds. The third-order valence-corrected chi connectivity index (χ3v) is 5.51. The average molecular weight is 280 g/mol. The van der Waals surface area contributed by atoms with Gasteiger partial charge in [0.05, 0.1) is 12.6 Å². The van der Waals surface area contributed by atoms with Crippen LogP contribution >= 0.6 is 0 Å². The minimum absolute atomic E-state index is 0.0270. The van der Waals surface area contributed by atoms with Crippen molar-refractivity contribution in [2.24, 2.45) is 11.8 Å². The minimum atomic E-state index is 0.0270. The molecule has 0 bridgehead atoms. The normalized spacial score (nSPS) is 39.0. The van der Waals surface area contributed by atoms with Gasteiger partial charge >= 0.3 is 0 Å². The zero-order chi connectivity index (χ0) is 13.9. The van der Waals surface area contributed by atoms with Crippen LogP contribution in [0.1, 0.15) is 51.9 Å². The Morgan fingerprint density at radius 1 is 1.20 bits per heavy atom. The molecule has 0 aromatic carbocycles. The van der Waals surface area contributed by atoms with E-state index in [0.29, 0.717) is 12.0 Å². The Kier molecular flexibility index (Phi) is 4.61. The molecule has 1 aliphatic carbocycles. The van der Waals surface area contributed by atoms with Crippen LogP contribution in [0.3, 0.4) is 0 Å². The van der Waals surface area contributed by atoms with Crippen molar-refractivity contribution in [1.82, 2.24) is 10.6 Å². The summed E-state index contributed by atoms with van der Waals surface area (Å²) in [5.41, 5.74) is 0. The average Bonchev–Trinajstić information content (AvgIpc) is 3.01. The van der Waals surface area contributed by atoms with Crippen molar-refractivity contribution in [3.63, 3.8) is 0 Å². The molecule has 0 aromatic rings. The van der Waals surface area contributed by atoms with Gasteiger partial charge in [0.2, 0.25) is 5.91 Å². The Morgan fingerprint density at radius 3 is 2.85 bits per heavy atom. The van der Waals surface area contributed by atoms with Crippen molar-refractivity contribution in [3.05, 3.63) is 0 Å². The number of amides is 1. The molecule has 2 heterocycles. The number of hydrogen-bond acceptors (Lipinski definition) is 3. The summed E-state index contributed by atoms with van der Waals surface area (Å²) >= 11 is 0. The predicted octanol–water partition coefficient (Wildman–Crippen LogP) is 1.84. The van der Waals surface area contributed by atoms with Crippen LogP contribution in [-0.4, -0.2) is 37.2 Å². The van der Waals surface area contributed by atoms with Crippen molar-refractivity contribution >= 4 is 5.91 Å². The van der Waals surface area contributed by atoms with E-state index in [-0.39, 0.29) is 18.0 Å². The number of fused-ring (bicyclic) bond motifs is 1. The molecule has 20 heavy (non-hydrogen) atoms. The Bertz CT molecular complexity index is 341. The van der Waals surface area contributed by atoms with Crippen LogP contribution in [0, 0.1) is 11.8 Å². The highest BCUT2D eigenvalue weighted by atomic mass is 16.5. The smallest absolute Gasteiger partial charge is 0.237 e. The van der Waals surface area contributed by atoms with E-state index in [2.05, 4.69) is 17.6 Å². The number of piperidine rings is 1. The predicted molar refractivity (Wildman–Crippen MR) is 78.4 cm³/mol. The van der Waals surface area contributed by atoms with E-state index >= 15 is 0 Å². The zero-order valence-corrected chi connectivity index (χ0v) is 12.6.